The summed E-state index contributed by atoms with van der Waals surface area (Å²) in [6.45, 7) is 6.02. The number of halogens is 2. The van der Waals surface area contributed by atoms with E-state index in [1.54, 1.807) is 20.8 Å². The Bertz CT molecular complexity index is 543. The normalized spacial score (nSPS) is 22.5. The highest BCUT2D eigenvalue weighted by Gasteiger charge is 2.36. The monoisotopic (exact) mass is 298 g/mol. The van der Waals surface area contributed by atoms with Crippen LogP contribution in [0, 0.1) is 11.6 Å². The Morgan fingerprint density at radius 2 is 1.95 bits per heavy atom. The number of benzene rings is 1. The molecule has 21 heavy (non-hydrogen) atoms. The number of likely N-dealkylation sites (tertiary alicyclic amines) is 1. The summed E-state index contributed by atoms with van der Waals surface area (Å²) in [5.74, 6) is -2.03. The molecule has 0 aliphatic carbocycles. The van der Waals surface area contributed by atoms with E-state index in [1.165, 1.54) is 11.0 Å². The van der Waals surface area contributed by atoms with Crippen LogP contribution >= 0.6 is 0 Å². The van der Waals surface area contributed by atoms with Crippen molar-refractivity contribution in [1.29, 1.82) is 0 Å². The van der Waals surface area contributed by atoms with Gasteiger partial charge < -0.3 is 15.4 Å². The first-order valence-corrected chi connectivity index (χ1v) is 6.86. The van der Waals surface area contributed by atoms with Crippen LogP contribution in [0.3, 0.4) is 0 Å². The number of ether oxygens (including phenoxy) is 1. The zero-order valence-corrected chi connectivity index (χ0v) is 12.4. The van der Waals surface area contributed by atoms with Gasteiger partial charge in [0.2, 0.25) is 0 Å². The Kier molecular flexibility index (Phi) is 4.18. The summed E-state index contributed by atoms with van der Waals surface area (Å²) in [5.41, 5.74) is 6.03. The molecule has 0 spiro atoms. The predicted octanol–water partition coefficient (Wildman–Crippen LogP) is 2.63. The van der Waals surface area contributed by atoms with Gasteiger partial charge in [-0.25, -0.2) is 13.6 Å². The van der Waals surface area contributed by atoms with Crippen LogP contribution in [0.5, 0.6) is 0 Å². The van der Waals surface area contributed by atoms with Gasteiger partial charge in [-0.15, -0.1) is 0 Å². The van der Waals surface area contributed by atoms with E-state index >= 15 is 0 Å². The second kappa shape index (κ2) is 5.60. The maximum atomic E-state index is 13.3. The lowest BCUT2D eigenvalue weighted by Crippen LogP contribution is -2.36. The summed E-state index contributed by atoms with van der Waals surface area (Å²) in [6.07, 6.45) is -0.442. The maximum Gasteiger partial charge on any atom is 0.410 e. The van der Waals surface area contributed by atoms with Gasteiger partial charge in [-0.1, -0.05) is 6.07 Å². The van der Waals surface area contributed by atoms with Gasteiger partial charge in [-0.3, -0.25) is 0 Å². The summed E-state index contributed by atoms with van der Waals surface area (Å²) < 4.78 is 31.6. The Morgan fingerprint density at radius 1 is 1.29 bits per heavy atom. The van der Waals surface area contributed by atoms with Gasteiger partial charge in [0.05, 0.1) is 0 Å². The molecule has 0 bridgehead atoms. The van der Waals surface area contributed by atoms with Crippen molar-refractivity contribution >= 4 is 6.09 Å². The molecule has 0 saturated carbocycles. The van der Waals surface area contributed by atoms with E-state index in [4.69, 9.17) is 10.5 Å². The number of nitrogens with two attached hydrogens (primary N) is 1. The van der Waals surface area contributed by atoms with Gasteiger partial charge in [-0.05, 0) is 38.5 Å². The molecule has 4 nitrogen and oxygen atoms in total. The number of hydrogen-bond acceptors (Lipinski definition) is 3. The molecule has 1 amide bonds. The Balaban J connectivity index is 2.10. The van der Waals surface area contributed by atoms with E-state index in [1.807, 2.05) is 0 Å². The van der Waals surface area contributed by atoms with E-state index in [0.29, 0.717) is 18.7 Å². The second-order valence-corrected chi connectivity index (χ2v) is 6.33. The van der Waals surface area contributed by atoms with Crippen molar-refractivity contribution < 1.29 is 18.3 Å². The number of rotatable bonds is 1. The molecule has 1 fully saturated rings. The smallest absolute Gasteiger partial charge is 0.410 e. The lowest BCUT2D eigenvalue weighted by Gasteiger charge is -2.24. The van der Waals surface area contributed by atoms with Crippen LogP contribution in [0.2, 0.25) is 0 Å². The second-order valence-electron chi connectivity index (χ2n) is 6.33. The zero-order valence-electron chi connectivity index (χ0n) is 12.4. The minimum Gasteiger partial charge on any atom is -0.444 e. The number of hydrogen-bond donors (Lipinski definition) is 1. The van der Waals surface area contributed by atoms with Gasteiger partial charge in [0.15, 0.2) is 11.6 Å². The third kappa shape index (κ3) is 3.69. The van der Waals surface area contributed by atoms with E-state index < -0.39 is 23.3 Å². The van der Waals surface area contributed by atoms with Crippen molar-refractivity contribution in [2.75, 3.05) is 13.1 Å². The van der Waals surface area contributed by atoms with Crippen LogP contribution in [-0.2, 0) is 4.74 Å². The van der Waals surface area contributed by atoms with Crippen LogP contribution in [0.4, 0.5) is 13.6 Å². The Morgan fingerprint density at radius 3 is 2.52 bits per heavy atom. The van der Waals surface area contributed by atoms with Crippen molar-refractivity contribution in [1.82, 2.24) is 4.90 Å². The number of carbonyl (C=O) groups is 1. The molecule has 2 N–H and O–H groups in total. The summed E-state index contributed by atoms with van der Waals surface area (Å²) in [6, 6.07) is 3.38. The largest absolute Gasteiger partial charge is 0.444 e. The van der Waals surface area contributed by atoms with Crippen LogP contribution in [0.1, 0.15) is 32.3 Å². The van der Waals surface area contributed by atoms with E-state index in [9.17, 15) is 13.6 Å². The molecular formula is C15H20F2N2O2. The van der Waals surface area contributed by atoms with Crippen LogP contribution in [0.15, 0.2) is 18.2 Å². The van der Waals surface area contributed by atoms with Crippen molar-refractivity contribution in [3.63, 3.8) is 0 Å². The molecule has 1 aromatic rings. The van der Waals surface area contributed by atoms with Gasteiger partial charge in [-0.2, -0.15) is 0 Å². The average molecular weight is 298 g/mol. The molecule has 0 radical (unpaired) electrons. The molecule has 2 rings (SSSR count). The van der Waals surface area contributed by atoms with Gasteiger partial charge >= 0.3 is 6.09 Å². The van der Waals surface area contributed by atoms with Gasteiger partial charge in [0.1, 0.15) is 5.60 Å². The summed E-state index contributed by atoms with van der Waals surface area (Å²) in [7, 11) is 0. The average Bonchev–Trinajstić information content (AvgIpc) is 2.73. The molecule has 1 heterocycles. The fourth-order valence-corrected chi connectivity index (χ4v) is 2.40. The number of amides is 1. The number of carbonyl (C=O) groups excluding carboxylic acids is 1. The quantitative estimate of drug-likeness (QED) is 0.867. The molecule has 6 heteroatoms. The van der Waals surface area contributed by atoms with Crippen molar-refractivity contribution in [2.45, 2.75) is 38.3 Å². The first-order chi connectivity index (χ1) is 9.67. The lowest BCUT2D eigenvalue weighted by molar-refractivity contribution is 0.0290. The highest BCUT2D eigenvalue weighted by atomic mass is 19.2. The minimum absolute atomic E-state index is 0.229. The fraction of sp³-hybridized carbons (Fsp3) is 0.533. The van der Waals surface area contributed by atoms with Gasteiger partial charge in [0, 0.05) is 25.0 Å². The minimum atomic E-state index is -0.907. The molecule has 1 aromatic carbocycles. The maximum absolute atomic E-state index is 13.3. The first kappa shape index (κ1) is 15.7. The third-order valence-electron chi connectivity index (χ3n) is 3.39. The molecular weight excluding hydrogens is 278 g/mol. The van der Waals surface area contributed by atoms with E-state index in [-0.39, 0.29) is 12.0 Å². The first-order valence-electron chi connectivity index (χ1n) is 6.86. The summed E-state index contributed by atoms with van der Waals surface area (Å²) in [5, 5.41) is 0. The van der Waals surface area contributed by atoms with E-state index in [0.717, 1.165) is 12.1 Å². The summed E-state index contributed by atoms with van der Waals surface area (Å²) >= 11 is 0. The van der Waals surface area contributed by atoms with Crippen molar-refractivity contribution in [3.8, 4) is 0 Å². The highest BCUT2D eigenvalue weighted by molar-refractivity contribution is 5.69. The predicted molar refractivity (Wildman–Crippen MR) is 74.9 cm³/mol. The van der Waals surface area contributed by atoms with Gasteiger partial charge in [0.25, 0.3) is 0 Å². The molecule has 0 aromatic heterocycles. The standard InChI is InChI=1S/C15H20F2N2O2/c1-15(2,3)21-14(20)19-7-10(13(18)8-19)9-4-5-11(16)12(17)6-9/h4-6,10,13H,7-8,18H2,1-3H3. The zero-order chi connectivity index (χ0) is 15.8. The molecule has 1 aliphatic rings. The topological polar surface area (TPSA) is 55.6 Å². The molecule has 2 atom stereocenters. The summed E-state index contributed by atoms with van der Waals surface area (Å²) in [4.78, 5) is 13.5. The molecule has 1 aliphatic heterocycles. The Hall–Kier alpha value is -1.69. The molecule has 2 unspecified atom stereocenters. The highest BCUT2D eigenvalue weighted by Crippen LogP contribution is 2.28. The van der Waals surface area contributed by atoms with Crippen LogP contribution in [0.25, 0.3) is 0 Å². The van der Waals surface area contributed by atoms with Crippen LogP contribution < -0.4 is 5.73 Å². The Labute approximate surface area is 122 Å². The fourth-order valence-electron chi connectivity index (χ4n) is 2.40. The third-order valence-corrected chi connectivity index (χ3v) is 3.39. The van der Waals surface area contributed by atoms with E-state index in [2.05, 4.69) is 0 Å². The van der Waals surface area contributed by atoms with Crippen molar-refractivity contribution in [3.05, 3.63) is 35.4 Å². The molecule has 116 valence electrons. The van der Waals surface area contributed by atoms with Crippen molar-refractivity contribution in [2.24, 2.45) is 5.73 Å². The number of nitrogens with zero attached hydrogens (tertiary/aromatic N) is 1. The van der Waals surface area contributed by atoms with Crippen LogP contribution in [-0.4, -0.2) is 35.7 Å². The molecule has 1 saturated heterocycles. The lowest BCUT2D eigenvalue weighted by atomic mass is 9.95. The SMILES string of the molecule is CC(C)(C)OC(=O)N1CC(N)C(c2ccc(F)c(F)c2)C1.